The number of hydrogen-bond acceptors (Lipinski definition) is 2. The Bertz CT molecular complexity index is 183. The normalized spacial score (nSPS) is 57.8. The molecule has 1 aliphatic heterocycles. The predicted molar refractivity (Wildman–Crippen MR) is 33.2 cm³/mol. The Balaban J connectivity index is 2.10. The van der Waals surface area contributed by atoms with Gasteiger partial charge in [-0.1, -0.05) is 12.2 Å². The average molecular weight is 120 g/mol. The highest BCUT2D eigenvalue weighted by Crippen LogP contribution is 2.47. The van der Waals surface area contributed by atoms with E-state index in [0.29, 0.717) is 12.1 Å². The topological polar surface area (TPSA) is 24.7 Å². The monoisotopic (exact) mass is 120 g/mol. The van der Waals surface area contributed by atoms with Crippen molar-refractivity contribution in [3.05, 3.63) is 12.2 Å². The first-order valence-corrected chi connectivity index (χ1v) is 3.53. The lowest BCUT2D eigenvalue weighted by molar-refractivity contribution is 0.379. The largest absolute Gasteiger partial charge is 0.187 e. The standard InChI is InChI=1S/C7H8N2/c1-2-5-3-4(1)6-7(5)9-8-6/h1-2,4-7H,3H2. The second kappa shape index (κ2) is 1.11. The van der Waals surface area contributed by atoms with Gasteiger partial charge in [0.15, 0.2) is 0 Å². The number of rotatable bonds is 0. The molecule has 2 bridgehead atoms. The summed E-state index contributed by atoms with van der Waals surface area (Å²) in [4.78, 5) is 0. The predicted octanol–water partition coefficient (Wildman–Crippen LogP) is 1.40. The Hall–Kier alpha value is -0.660. The van der Waals surface area contributed by atoms with Crippen LogP contribution < -0.4 is 0 Å². The van der Waals surface area contributed by atoms with Crippen molar-refractivity contribution in [3.63, 3.8) is 0 Å². The fourth-order valence-corrected chi connectivity index (χ4v) is 2.16. The fraction of sp³-hybridized carbons (Fsp3) is 0.714. The van der Waals surface area contributed by atoms with Crippen LogP contribution in [0.2, 0.25) is 0 Å². The maximum atomic E-state index is 4.09. The molecule has 3 rings (SSSR count). The van der Waals surface area contributed by atoms with Gasteiger partial charge in [0.2, 0.25) is 0 Å². The quantitative estimate of drug-likeness (QED) is 0.432. The summed E-state index contributed by atoms with van der Waals surface area (Å²) in [6.45, 7) is 0. The second-order valence-electron chi connectivity index (χ2n) is 3.16. The molecule has 0 spiro atoms. The number of nitrogens with zero attached hydrogens (tertiary/aromatic N) is 2. The van der Waals surface area contributed by atoms with Crippen molar-refractivity contribution in [1.29, 1.82) is 0 Å². The van der Waals surface area contributed by atoms with Crippen LogP contribution in [0.5, 0.6) is 0 Å². The second-order valence-corrected chi connectivity index (χ2v) is 3.16. The zero-order chi connectivity index (χ0) is 5.84. The molecule has 2 nitrogen and oxygen atoms in total. The number of fused-ring (bicyclic) bond motifs is 5. The van der Waals surface area contributed by atoms with Crippen LogP contribution in [0.3, 0.4) is 0 Å². The molecule has 0 aromatic heterocycles. The fourth-order valence-electron chi connectivity index (χ4n) is 2.16. The molecule has 2 heteroatoms. The lowest BCUT2D eigenvalue weighted by Gasteiger charge is -2.26. The Morgan fingerprint density at radius 1 is 1.00 bits per heavy atom. The van der Waals surface area contributed by atoms with Gasteiger partial charge in [0, 0.05) is 11.8 Å². The van der Waals surface area contributed by atoms with E-state index in [1.54, 1.807) is 0 Å². The van der Waals surface area contributed by atoms with Gasteiger partial charge in [-0.3, -0.25) is 0 Å². The molecule has 0 saturated heterocycles. The summed E-state index contributed by atoms with van der Waals surface area (Å²) in [6.07, 6.45) is 5.94. The van der Waals surface area contributed by atoms with Gasteiger partial charge in [0.1, 0.15) is 12.1 Å². The van der Waals surface area contributed by atoms with Crippen LogP contribution in [-0.4, -0.2) is 12.1 Å². The smallest absolute Gasteiger partial charge is 0.102 e. The first-order chi connectivity index (χ1) is 4.45. The van der Waals surface area contributed by atoms with Gasteiger partial charge in [0.05, 0.1) is 0 Å². The van der Waals surface area contributed by atoms with Crippen molar-refractivity contribution in [2.75, 3.05) is 0 Å². The minimum absolute atomic E-state index is 0.597. The van der Waals surface area contributed by atoms with Gasteiger partial charge in [-0.05, 0) is 6.42 Å². The minimum atomic E-state index is 0.597. The molecule has 1 saturated carbocycles. The molecule has 0 radical (unpaired) electrons. The van der Waals surface area contributed by atoms with E-state index in [-0.39, 0.29) is 0 Å². The minimum Gasteiger partial charge on any atom is -0.187 e. The molecule has 46 valence electrons. The van der Waals surface area contributed by atoms with Crippen molar-refractivity contribution >= 4 is 0 Å². The van der Waals surface area contributed by atoms with E-state index in [9.17, 15) is 0 Å². The summed E-state index contributed by atoms with van der Waals surface area (Å²) in [6, 6.07) is 1.19. The van der Waals surface area contributed by atoms with Gasteiger partial charge >= 0.3 is 0 Å². The molecule has 1 heterocycles. The molecule has 0 aromatic rings. The summed E-state index contributed by atoms with van der Waals surface area (Å²) in [5, 5.41) is 8.17. The highest BCUT2D eigenvalue weighted by Gasteiger charge is 2.49. The van der Waals surface area contributed by atoms with E-state index >= 15 is 0 Å². The molecule has 2 aliphatic carbocycles. The van der Waals surface area contributed by atoms with Crippen LogP contribution in [0.15, 0.2) is 22.4 Å². The molecular weight excluding hydrogens is 112 g/mol. The van der Waals surface area contributed by atoms with Crippen LogP contribution in [0, 0.1) is 11.8 Å². The van der Waals surface area contributed by atoms with Gasteiger partial charge in [-0.15, -0.1) is 0 Å². The highest BCUT2D eigenvalue weighted by atomic mass is 15.3. The summed E-state index contributed by atoms with van der Waals surface area (Å²) >= 11 is 0. The van der Waals surface area contributed by atoms with Crippen molar-refractivity contribution in [2.24, 2.45) is 22.1 Å². The van der Waals surface area contributed by atoms with E-state index in [1.165, 1.54) is 6.42 Å². The molecule has 9 heavy (non-hydrogen) atoms. The van der Waals surface area contributed by atoms with Crippen molar-refractivity contribution in [3.8, 4) is 0 Å². The zero-order valence-corrected chi connectivity index (χ0v) is 5.07. The first-order valence-electron chi connectivity index (χ1n) is 3.53. The van der Waals surface area contributed by atoms with Gasteiger partial charge in [-0.25, -0.2) is 0 Å². The molecule has 1 fully saturated rings. The summed E-state index contributed by atoms with van der Waals surface area (Å²) in [7, 11) is 0. The molecular formula is C7H8N2. The third kappa shape index (κ3) is 0.326. The van der Waals surface area contributed by atoms with Gasteiger partial charge in [0.25, 0.3) is 0 Å². The van der Waals surface area contributed by atoms with Crippen LogP contribution in [0.4, 0.5) is 0 Å². The van der Waals surface area contributed by atoms with Crippen LogP contribution >= 0.6 is 0 Å². The van der Waals surface area contributed by atoms with Crippen molar-refractivity contribution in [1.82, 2.24) is 0 Å². The molecule has 0 N–H and O–H groups in total. The van der Waals surface area contributed by atoms with Crippen LogP contribution in [0.25, 0.3) is 0 Å². The summed E-state index contributed by atoms with van der Waals surface area (Å²) < 4.78 is 0. The maximum absolute atomic E-state index is 4.09. The number of hydrogen-bond donors (Lipinski definition) is 0. The van der Waals surface area contributed by atoms with Crippen LogP contribution in [-0.2, 0) is 0 Å². The Kier molecular flexibility index (Phi) is 0.516. The molecule has 0 aromatic carbocycles. The summed E-state index contributed by atoms with van der Waals surface area (Å²) in [5.41, 5.74) is 0. The van der Waals surface area contributed by atoms with E-state index in [2.05, 4.69) is 22.4 Å². The zero-order valence-electron chi connectivity index (χ0n) is 5.07. The van der Waals surface area contributed by atoms with Crippen molar-refractivity contribution in [2.45, 2.75) is 18.5 Å². The van der Waals surface area contributed by atoms with Crippen LogP contribution in [0.1, 0.15) is 6.42 Å². The van der Waals surface area contributed by atoms with E-state index in [1.807, 2.05) is 0 Å². The molecule has 3 aliphatic rings. The number of azo groups is 1. The summed E-state index contributed by atoms with van der Waals surface area (Å²) in [5.74, 6) is 1.52. The van der Waals surface area contributed by atoms with Crippen molar-refractivity contribution < 1.29 is 0 Å². The van der Waals surface area contributed by atoms with Gasteiger partial charge < -0.3 is 0 Å². The first kappa shape index (κ1) is 4.20. The van der Waals surface area contributed by atoms with E-state index < -0.39 is 0 Å². The van der Waals surface area contributed by atoms with E-state index in [0.717, 1.165) is 11.8 Å². The third-order valence-electron chi connectivity index (χ3n) is 2.71. The van der Waals surface area contributed by atoms with Gasteiger partial charge in [-0.2, -0.15) is 10.2 Å². The molecule has 4 atom stereocenters. The van der Waals surface area contributed by atoms with E-state index in [4.69, 9.17) is 0 Å². The Labute approximate surface area is 53.7 Å². The lowest BCUT2D eigenvalue weighted by atomic mass is 9.95. The Morgan fingerprint density at radius 3 is 1.89 bits per heavy atom. The maximum Gasteiger partial charge on any atom is 0.102 e. The SMILES string of the molecule is C1=CC2CC1C1N=NC21. The lowest BCUT2D eigenvalue weighted by Crippen LogP contribution is -2.33. The Morgan fingerprint density at radius 2 is 1.56 bits per heavy atom. The third-order valence-corrected chi connectivity index (χ3v) is 2.71. The molecule has 4 unspecified atom stereocenters. The highest BCUT2D eigenvalue weighted by molar-refractivity contribution is 5.21. The average Bonchev–Trinajstić information content (AvgIpc) is 2.18. The molecule has 0 amide bonds.